The number of nitrogens with two attached hydrogens (primary N) is 1. The molecule has 0 fully saturated rings. The van der Waals surface area contributed by atoms with Crippen LogP contribution in [0.5, 0.6) is 0 Å². The van der Waals surface area contributed by atoms with Gasteiger partial charge in [0.15, 0.2) is 0 Å². The average Bonchev–Trinajstić information content (AvgIpc) is 2.67. The highest BCUT2D eigenvalue weighted by atomic mass is 16.2. The largest absolute Gasteiger partial charge is 0.399 e. The predicted molar refractivity (Wildman–Crippen MR) is 77.9 cm³/mol. The maximum Gasteiger partial charge on any atom is 0.266 e. The van der Waals surface area contributed by atoms with Gasteiger partial charge in [0.25, 0.3) is 11.8 Å². The maximum absolute atomic E-state index is 12.6. The lowest BCUT2D eigenvalue weighted by Crippen LogP contribution is -2.29. The van der Waals surface area contributed by atoms with Gasteiger partial charge in [-0.3, -0.25) is 9.59 Å². The molecule has 0 saturated carbocycles. The van der Waals surface area contributed by atoms with Crippen molar-refractivity contribution in [3.05, 3.63) is 58.7 Å². The zero-order chi connectivity index (χ0) is 14.4. The van der Waals surface area contributed by atoms with E-state index < -0.39 is 0 Å². The molecular formula is C16H14N2O2. The lowest BCUT2D eigenvalue weighted by atomic mass is 9.99. The molecule has 0 aromatic heterocycles. The van der Waals surface area contributed by atoms with E-state index in [9.17, 15) is 9.59 Å². The van der Waals surface area contributed by atoms with Gasteiger partial charge in [-0.15, -0.1) is 0 Å². The van der Waals surface area contributed by atoms with Crippen molar-refractivity contribution >= 4 is 23.2 Å². The number of hydrogen-bond acceptors (Lipinski definition) is 3. The van der Waals surface area contributed by atoms with Crippen molar-refractivity contribution in [3.8, 4) is 0 Å². The monoisotopic (exact) mass is 266 g/mol. The first-order valence-electron chi connectivity index (χ1n) is 6.35. The van der Waals surface area contributed by atoms with Crippen LogP contribution in [0, 0.1) is 13.8 Å². The van der Waals surface area contributed by atoms with Crippen molar-refractivity contribution in [3.63, 3.8) is 0 Å². The summed E-state index contributed by atoms with van der Waals surface area (Å²) >= 11 is 0. The highest BCUT2D eigenvalue weighted by molar-refractivity contribution is 6.35. The van der Waals surface area contributed by atoms with Crippen LogP contribution in [0.3, 0.4) is 0 Å². The first kappa shape index (κ1) is 12.4. The van der Waals surface area contributed by atoms with E-state index in [0.29, 0.717) is 22.5 Å². The molecule has 0 saturated heterocycles. The summed E-state index contributed by atoms with van der Waals surface area (Å²) in [4.78, 5) is 26.3. The van der Waals surface area contributed by atoms with E-state index in [1.807, 2.05) is 26.0 Å². The van der Waals surface area contributed by atoms with Crippen molar-refractivity contribution in [2.45, 2.75) is 13.8 Å². The summed E-state index contributed by atoms with van der Waals surface area (Å²) in [5.74, 6) is -0.561. The minimum Gasteiger partial charge on any atom is -0.399 e. The number of anilines is 2. The van der Waals surface area contributed by atoms with Gasteiger partial charge >= 0.3 is 0 Å². The Kier molecular flexibility index (Phi) is 2.61. The molecule has 2 amide bonds. The quantitative estimate of drug-likeness (QED) is 0.637. The Balaban J connectivity index is 2.20. The van der Waals surface area contributed by atoms with Crippen LogP contribution >= 0.6 is 0 Å². The minimum absolute atomic E-state index is 0.281. The second-order valence-electron chi connectivity index (χ2n) is 4.99. The first-order chi connectivity index (χ1) is 9.50. The van der Waals surface area contributed by atoms with E-state index in [4.69, 9.17) is 5.73 Å². The number of fused-ring (bicyclic) bond motifs is 1. The molecule has 0 atom stereocenters. The Labute approximate surface area is 116 Å². The molecule has 1 aliphatic heterocycles. The second kappa shape index (κ2) is 4.20. The molecule has 3 rings (SSSR count). The van der Waals surface area contributed by atoms with Crippen molar-refractivity contribution in [1.82, 2.24) is 0 Å². The summed E-state index contributed by atoms with van der Waals surface area (Å²) < 4.78 is 0. The molecule has 20 heavy (non-hydrogen) atoms. The Morgan fingerprint density at radius 1 is 0.900 bits per heavy atom. The number of carbonyl (C=O) groups is 2. The molecule has 0 unspecified atom stereocenters. The molecular weight excluding hydrogens is 252 g/mol. The number of amides is 2. The van der Waals surface area contributed by atoms with Crippen LogP contribution in [0.2, 0.25) is 0 Å². The lowest BCUT2D eigenvalue weighted by molar-refractivity contribution is 0.0926. The number of benzene rings is 2. The first-order valence-corrected chi connectivity index (χ1v) is 6.35. The van der Waals surface area contributed by atoms with Gasteiger partial charge < -0.3 is 5.73 Å². The molecule has 2 N–H and O–H groups in total. The molecule has 100 valence electrons. The zero-order valence-electron chi connectivity index (χ0n) is 11.3. The standard InChI is InChI=1S/C16H14N2O2/c1-9-6-7-10(2)14-13(9)15(19)18(16(14)20)12-5-3-4-11(17)8-12/h3-8H,17H2,1-2H3. The molecule has 2 aromatic carbocycles. The van der Waals surface area contributed by atoms with E-state index >= 15 is 0 Å². The van der Waals surface area contributed by atoms with Crippen LogP contribution in [-0.2, 0) is 0 Å². The van der Waals surface area contributed by atoms with Crippen LogP contribution < -0.4 is 10.6 Å². The van der Waals surface area contributed by atoms with E-state index in [0.717, 1.165) is 11.1 Å². The number of nitrogens with zero attached hydrogens (tertiary/aromatic N) is 1. The topological polar surface area (TPSA) is 63.4 Å². The molecule has 0 spiro atoms. The van der Waals surface area contributed by atoms with E-state index in [1.54, 1.807) is 24.3 Å². The van der Waals surface area contributed by atoms with Crippen molar-refractivity contribution in [2.75, 3.05) is 10.6 Å². The molecule has 0 aliphatic carbocycles. The number of imide groups is 1. The SMILES string of the molecule is Cc1ccc(C)c2c1C(=O)N(c1cccc(N)c1)C2=O. The molecule has 0 bridgehead atoms. The third-order valence-corrected chi connectivity index (χ3v) is 3.58. The van der Waals surface area contributed by atoms with Crippen LogP contribution in [-0.4, -0.2) is 11.8 Å². The molecule has 0 radical (unpaired) electrons. The Hall–Kier alpha value is -2.62. The zero-order valence-corrected chi connectivity index (χ0v) is 11.3. The molecule has 4 heteroatoms. The van der Waals surface area contributed by atoms with Crippen LogP contribution in [0.25, 0.3) is 0 Å². The van der Waals surface area contributed by atoms with Crippen molar-refractivity contribution < 1.29 is 9.59 Å². The van der Waals surface area contributed by atoms with Gasteiger partial charge in [0.05, 0.1) is 16.8 Å². The fourth-order valence-electron chi connectivity index (χ4n) is 2.58. The van der Waals surface area contributed by atoms with Crippen LogP contribution in [0.15, 0.2) is 36.4 Å². The van der Waals surface area contributed by atoms with E-state index in [-0.39, 0.29) is 11.8 Å². The molecule has 1 aliphatic rings. The number of rotatable bonds is 1. The Morgan fingerprint density at radius 3 is 1.95 bits per heavy atom. The highest BCUT2D eigenvalue weighted by Gasteiger charge is 2.38. The van der Waals surface area contributed by atoms with Gasteiger partial charge in [-0.2, -0.15) is 0 Å². The van der Waals surface area contributed by atoms with Crippen molar-refractivity contribution in [1.29, 1.82) is 0 Å². The predicted octanol–water partition coefficient (Wildman–Crippen LogP) is 2.69. The van der Waals surface area contributed by atoms with Gasteiger partial charge in [-0.1, -0.05) is 18.2 Å². The maximum atomic E-state index is 12.6. The van der Waals surface area contributed by atoms with Crippen molar-refractivity contribution in [2.24, 2.45) is 0 Å². The second-order valence-corrected chi connectivity index (χ2v) is 4.99. The minimum atomic E-state index is -0.281. The highest BCUT2D eigenvalue weighted by Crippen LogP contribution is 2.32. The van der Waals surface area contributed by atoms with Gasteiger partial charge in [-0.25, -0.2) is 4.90 Å². The van der Waals surface area contributed by atoms with E-state index in [2.05, 4.69) is 0 Å². The Morgan fingerprint density at radius 2 is 1.45 bits per heavy atom. The summed E-state index contributed by atoms with van der Waals surface area (Å²) in [7, 11) is 0. The smallest absolute Gasteiger partial charge is 0.266 e. The fraction of sp³-hybridized carbons (Fsp3) is 0.125. The number of carbonyl (C=O) groups excluding carboxylic acids is 2. The van der Waals surface area contributed by atoms with Gasteiger partial charge in [-0.05, 0) is 43.2 Å². The molecule has 2 aromatic rings. The summed E-state index contributed by atoms with van der Waals surface area (Å²) in [6, 6.07) is 10.5. The molecule has 4 nitrogen and oxygen atoms in total. The molecule has 1 heterocycles. The Bertz CT molecular complexity index is 709. The summed E-state index contributed by atoms with van der Waals surface area (Å²) in [5.41, 5.74) is 9.39. The third-order valence-electron chi connectivity index (χ3n) is 3.58. The van der Waals surface area contributed by atoms with Gasteiger partial charge in [0.1, 0.15) is 0 Å². The van der Waals surface area contributed by atoms with Gasteiger partial charge in [0, 0.05) is 5.69 Å². The lowest BCUT2D eigenvalue weighted by Gasteiger charge is -2.14. The number of hydrogen-bond donors (Lipinski definition) is 1. The van der Waals surface area contributed by atoms with E-state index in [1.165, 1.54) is 4.90 Å². The average molecular weight is 266 g/mol. The number of nitrogen functional groups attached to an aromatic ring is 1. The summed E-state index contributed by atoms with van der Waals surface area (Å²) in [6.07, 6.45) is 0. The normalized spacial score (nSPS) is 13.8. The fourth-order valence-corrected chi connectivity index (χ4v) is 2.58. The van der Waals surface area contributed by atoms with Gasteiger partial charge in [0.2, 0.25) is 0 Å². The summed E-state index contributed by atoms with van der Waals surface area (Å²) in [5, 5.41) is 0. The van der Waals surface area contributed by atoms with Crippen LogP contribution in [0.4, 0.5) is 11.4 Å². The number of aryl methyl sites for hydroxylation is 2. The van der Waals surface area contributed by atoms with Crippen LogP contribution in [0.1, 0.15) is 31.8 Å². The third kappa shape index (κ3) is 1.61. The summed E-state index contributed by atoms with van der Waals surface area (Å²) in [6.45, 7) is 3.68.